The third-order valence-corrected chi connectivity index (χ3v) is 5.25. The normalized spacial score (nSPS) is 32.1. The van der Waals surface area contributed by atoms with Gasteiger partial charge in [-0.2, -0.15) is 0 Å². The number of carbonyl (C=O) groups is 2. The lowest BCUT2D eigenvalue weighted by atomic mass is 9.84. The van der Waals surface area contributed by atoms with Crippen molar-refractivity contribution < 1.29 is 14.7 Å². The van der Waals surface area contributed by atoms with E-state index in [0.717, 1.165) is 32.4 Å². The van der Waals surface area contributed by atoms with Gasteiger partial charge in [0.1, 0.15) is 0 Å². The summed E-state index contributed by atoms with van der Waals surface area (Å²) in [5, 5.41) is 8.92. The Bertz CT molecular complexity index is 369. The number of piperidine rings is 1. The number of amides is 1. The molecule has 1 saturated heterocycles. The van der Waals surface area contributed by atoms with Gasteiger partial charge in [0.2, 0.25) is 5.91 Å². The van der Waals surface area contributed by atoms with E-state index < -0.39 is 5.97 Å². The lowest BCUT2D eigenvalue weighted by molar-refractivity contribution is -0.139. The summed E-state index contributed by atoms with van der Waals surface area (Å²) < 4.78 is 0. The van der Waals surface area contributed by atoms with E-state index >= 15 is 0 Å². The number of carboxylic acids is 1. The van der Waals surface area contributed by atoms with Crippen LogP contribution in [0, 0.1) is 23.7 Å². The largest absolute Gasteiger partial charge is 0.481 e. The zero-order valence-electron chi connectivity index (χ0n) is 12.7. The van der Waals surface area contributed by atoms with Gasteiger partial charge in [-0.3, -0.25) is 9.59 Å². The van der Waals surface area contributed by atoms with Crippen molar-refractivity contribution in [2.75, 3.05) is 13.1 Å². The van der Waals surface area contributed by atoms with E-state index in [-0.39, 0.29) is 18.3 Å². The highest BCUT2D eigenvalue weighted by molar-refractivity contribution is 5.79. The number of likely N-dealkylation sites (tertiary alicyclic amines) is 1. The van der Waals surface area contributed by atoms with Crippen LogP contribution in [-0.4, -0.2) is 35.0 Å². The Kier molecular flexibility index (Phi) is 5.06. The summed E-state index contributed by atoms with van der Waals surface area (Å²) in [7, 11) is 0. The first-order valence-electron chi connectivity index (χ1n) is 7.99. The smallest absolute Gasteiger partial charge is 0.303 e. The maximum Gasteiger partial charge on any atom is 0.303 e. The Morgan fingerprint density at radius 1 is 1.25 bits per heavy atom. The van der Waals surface area contributed by atoms with Crippen LogP contribution >= 0.6 is 0 Å². The second-order valence-electron chi connectivity index (χ2n) is 6.78. The summed E-state index contributed by atoms with van der Waals surface area (Å²) in [4.78, 5) is 25.5. The molecule has 2 fully saturated rings. The lowest BCUT2D eigenvalue weighted by Gasteiger charge is -2.37. The number of carboxylic acid groups (broad SMARTS) is 1. The molecule has 1 saturated carbocycles. The van der Waals surface area contributed by atoms with Crippen molar-refractivity contribution in [3.63, 3.8) is 0 Å². The predicted molar refractivity (Wildman–Crippen MR) is 77.2 cm³/mol. The van der Waals surface area contributed by atoms with Crippen molar-refractivity contribution in [1.82, 2.24) is 4.90 Å². The highest BCUT2D eigenvalue weighted by atomic mass is 16.4. The van der Waals surface area contributed by atoms with Gasteiger partial charge in [0.25, 0.3) is 0 Å². The zero-order valence-corrected chi connectivity index (χ0v) is 12.7. The van der Waals surface area contributed by atoms with Crippen LogP contribution < -0.4 is 0 Å². The lowest BCUT2D eigenvalue weighted by Crippen LogP contribution is -2.45. The first-order chi connectivity index (χ1) is 9.49. The topological polar surface area (TPSA) is 57.6 Å². The van der Waals surface area contributed by atoms with Crippen LogP contribution in [0.25, 0.3) is 0 Å². The third kappa shape index (κ3) is 3.53. The quantitative estimate of drug-likeness (QED) is 0.862. The molecule has 0 spiro atoms. The van der Waals surface area contributed by atoms with Crippen molar-refractivity contribution >= 4 is 11.9 Å². The average Bonchev–Trinajstić information content (AvgIpc) is 2.83. The van der Waals surface area contributed by atoms with Crippen molar-refractivity contribution in [1.29, 1.82) is 0 Å². The molecule has 114 valence electrons. The van der Waals surface area contributed by atoms with Gasteiger partial charge in [0, 0.05) is 25.4 Å². The molecule has 4 heteroatoms. The second-order valence-corrected chi connectivity index (χ2v) is 6.78. The van der Waals surface area contributed by atoms with Gasteiger partial charge in [-0.05, 0) is 43.4 Å². The molecule has 0 aromatic carbocycles. The number of hydrogen-bond donors (Lipinski definition) is 1. The minimum Gasteiger partial charge on any atom is -0.481 e. The molecule has 1 heterocycles. The van der Waals surface area contributed by atoms with Gasteiger partial charge in [-0.1, -0.05) is 20.3 Å². The maximum atomic E-state index is 12.6. The van der Waals surface area contributed by atoms with Gasteiger partial charge in [0.05, 0.1) is 0 Å². The van der Waals surface area contributed by atoms with Crippen LogP contribution in [0.5, 0.6) is 0 Å². The summed E-state index contributed by atoms with van der Waals surface area (Å²) in [5.41, 5.74) is 0. The molecule has 1 N–H and O–H groups in total. The molecule has 2 rings (SSSR count). The standard InChI is InChI=1S/C16H27NO3/c1-11-5-3-7-14(11)16(20)17-8-4-6-13(10-17)12(2)9-15(18)19/h11-14H,3-10H2,1-2H3,(H,18,19). The number of nitrogens with zero attached hydrogens (tertiary/aromatic N) is 1. The minimum absolute atomic E-state index is 0.157. The summed E-state index contributed by atoms with van der Waals surface area (Å²) >= 11 is 0. The average molecular weight is 281 g/mol. The first-order valence-corrected chi connectivity index (χ1v) is 7.99. The Hall–Kier alpha value is -1.06. The molecule has 1 amide bonds. The fourth-order valence-corrected chi connectivity index (χ4v) is 3.86. The molecule has 4 unspecified atom stereocenters. The van der Waals surface area contributed by atoms with Gasteiger partial charge >= 0.3 is 5.97 Å². The van der Waals surface area contributed by atoms with Crippen molar-refractivity contribution in [2.45, 2.75) is 52.4 Å². The van der Waals surface area contributed by atoms with E-state index in [1.807, 2.05) is 11.8 Å². The third-order valence-electron chi connectivity index (χ3n) is 5.25. The van der Waals surface area contributed by atoms with Crippen molar-refractivity contribution in [3.05, 3.63) is 0 Å². The molecular formula is C16H27NO3. The minimum atomic E-state index is -0.731. The molecule has 20 heavy (non-hydrogen) atoms. The Balaban J connectivity index is 1.92. The van der Waals surface area contributed by atoms with E-state index in [1.165, 1.54) is 12.8 Å². The molecule has 1 aliphatic carbocycles. The predicted octanol–water partition coefficient (Wildman–Crippen LogP) is 2.77. The monoisotopic (exact) mass is 281 g/mol. The highest BCUT2D eigenvalue weighted by Gasteiger charge is 2.35. The first kappa shape index (κ1) is 15.3. The van der Waals surface area contributed by atoms with E-state index in [0.29, 0.717) is 17.7 Å². The number of rotatable bonds is 4. The van der Waals surface area contributed by atoms with Crippen LogP contribution in [0.15, 0.2) is 0 Å². The Morgan fingerprint density at radius 2 is 2.00 bits per heavy atom. The van der Waals surface area contributed by atoms with Crippen LogP contribution in [0.1, 0.15) is 52.4 Å². The molecule has 1 aliphatic heterocycles. The summed E-state index contributed by atoms with van der Waals surface area (Å²) in [6, 6.07) is 0. The van der Waals surface area contributed by atoms with Gasteiger partial charge in [-0.15, -0.1) is 0 Å². The fraction of sp³-hybridized carbons (Fsp3) is 0.875. The molecule has 0 radical (unpaired) electrons. The second kappa shape index (κ2) is 6.59. The number of aliphatic carboxylic acids is 1. The molecule has 0 bridgehead atoms. The van der Waals surface area contributed by atoms with Crippen LogP contribution in [0.3, 0.4) is 0 Å². The van der Waals surface area contributed by atoms with Crippen LogP contribution in [0.2, 0.25) is 0 Å². The van der Waals surface area contributed by atoms with E-state index in [2.05, 4.69) is 6.92 Å². The number of carbonyl (C=O) groups excluding carboxylic acids is 1. The molecule has 0 aromatic rings. The fourth-order valence-electron chi connectivity index (χ4n) is 3.86. The number of hydrogen-bond acceptors (Lipinski definition) is 2. The molecule has 0 aromatic heterocycles. The van der Waals surface area contributed by atoms with Gasteiger partial charge in [0.15, 0.2) is 0 Å². The van der Waals surface area contributed by atoms with E-state index in [4.69, 9.17) is 5.11 Å². The SMILES string of the molecule is CC(CC(=O)O)C1CCCN(C(=O)C2CCCC2C)C1. The van der Waals surface area contributed by atoms with Crippen LogP contribution in [-0.2, 0) is 9.59 Å². The Morgan fingerprint density at radius 3 is 2.60 bits per heavy atom. The Labute approximate surface area is 121 Å². The summed E-state index contributed by atoms with van der Waals surface area (Å²) in [6.45, 7) is 5.81. The highest BCUT2D eigenvalue weighted by Crippen LogP contribution is 2.34. The van der Waals surface area contributed by atoms with Crippen LogP contribution in [0.4, 0.5) is 0 Å². The maximum absolute atomic E-state index is 12.6. The molecular weight excluding hydrogens is 254 g/mol. The van der Waals surface area contributed by atoms with E-state index in [9.17, 15) is 9.59 Å². The van der Waals surface area contributed by atoms with Crippen molar-refractivity contribution in [3.8, 4) is 0 Å². The zero-order chi connectivity index (χ0) is 14.7. The van der Waals surface area contributed by atoms with E-state index in [1.54, 1.807) is 0 Å². The van der Waals surface area contributed by atoms with Gasteiger partial charge < -0.3 is 10.0 Å². The molecule has 2 aliphatic rings. The molecule has 4 atom stereocenters. The van der Waals surface area contributed by atoms with Crippen molar-refractivity contribution in [2.24, 2.45) is 23.7 Å². The van der Waals surface area contributed by atoms with Gasteiger partial charge in [-0.25, -0.2) is 0 Å². The summed E-state index contributed by atoms with van der Waals surface area (Å²) in [6.07, 6.45) is 5.66. The summed E-state index contributed by atoms with van der Waals surface area (Å²) in [5.74, 6) is 0.819. The molecule has 4 nitrogen and oxygen atoms in total.